The summed E-state index contributed by atoms with van der Waals surface area (Å²) < 4.78 is 0.907. The summed E-state index contributed by atoms with van der Waals surface area (Å²) in [6.45, 7) is 0. The van der Waals surface area contributed by atoms with E-state index in [0.717, 1.165) is 4.70 Å². The SMILES string of the molecule is O=[N+]([O-])c1cccc2sc[c]c12. The van der Waals surface area contributed by atoms with E-state index in [2.05, 4.69) is 6.07 Å². The van der Waals surface area contributed by atoms with Crippen molar-refractivity contribution in [3.05, 3.63) is 39.8 Å². The Morgan fingerprint density at radius 2 is 2.33 bits per heavy atom. The van der Waals surface area contributed by atoms with E-state index < -0.39 is 0 Å². The second kappa shape index (κ2) is 2.57. The molecule has 2 rings (SSSR count). The maximum absolute atomic E-state index is 10.5. The zero-order valence-corrected chi connectivity index (χ0v) is 6.80. The third-order valence-electron chi connectivity index (χ3n) is 1.59. The third-order valence-corrected chi connectivity index (χ3v) is 2.42. The summed E-state index contributed by atoms with van der Waals surface area (Å²) in [6.07, 6.45) is 0. The van der Waals surface area contributed by atoms with Gasteiger partial charge < -0.3 is 0 Å². The molecule has 1 aromatic heterocycles. The lowest BCUT2D eigenvalue weighted by Gasteiger charge is -1.91. The van der Waals surface area contributed by atoms with Crippen molar-refractivity contribution in [1.29, 1.82) is 0 Å². The van der Waals surface area contributed by atoms with E-state index >= 15 is 0 Å². The van der Waals surface area contributed by atoms with Crippen molar-refractivity contribution < 1.29 is 4.92 Å². The molecular weight excluding hydrogens is 174 g/mol. The minimum Gasteiger partial charge on any atom is -0.258 e. The minimum absolute atomic E-state index is 0.133. The van der Waals surface area contributed by atoms with Gasteiger partial charge in [0.15, 0.2) is 0 Å². The van der Waals surface area contributed by atoms with Crippen LogP contribution in [0.25, 0.3) is 10.1 Å². The molecule has 0 saturated carbocycles. The van der Waals surface area contributed by atoms with E-state index in [4.69, 9.17) is 0 Å². The van der Waals surface area contributed by atoms with E-state index in [-0.39, 0.29) is 10.6 Å². The molecule has 4 heteroatoms. The molecule has 0 bridgehead atoms. The molecule has 1 aromatic carbocycles. The van der Waals surface area contributed by atoms with Crippen molar-refractivity contribution in [1.82, 2.24) is 0 Å². The highest BCUT2D eigenvalue weighted by Crippen LogP contribution is 2.28. The molecule has 0 unspecified atom stereocenters. The maximum Gasteiger partial charge on any atom is 0.278 e. The molecule has 1 heterocycles. The minimum atomic E-state index is -0.383. The van der Waals surface area contributed by atoms with E-state index in [0.29, 0.717) is 5.39 Å². The van der Waals surface area contributed by atoms with Crippen LogP contribution in [0.3, 0.4) is 0 Å². The number of hydrogen-bond donors (Lipinski definition) is 0. The average Bonchev–Trinajstić information content (AvgIpc) is 2.49. The van der Waals surface area contributed by atoms with E-state index in [1.165, 1.54) is 17.4 Å². The molecule has 0 aliphatic rings. The summed E-state index contributed by atoms with van der Waals surface area (Å²) in [5, 5.41) is 12.8. The molecule has 0 N–H and O–H groups in total. The Morgan fingerprint density at radius 1 is 1.50 bits per heavy atom. The summed E-state index contributed by atoms with van der Waals surface area (Å²) >= 11 is 1.46. The molecule has 0 atom stereocenters. The van der Waals surface area contributed by atoms with Crippen LogP contribution in [0.1, 0.15) is 0 Å². The van der Waals surface area contributed by atoms with Crippen molar-refractivity contribution in [2.45, 2.75) is 0 Å². The van der Waals surface area contributed by atoms with Crippen LogP contribution < -0.4 is 0 Å². The van der Waals surface area contributed by atoms with Crippen LogP contribution in [0.5, 0.6) is 0 Å². The molecule has 3 nitrogen and oxygen atoms in total. The lowest BCUT2D eigenvalue weighted by atomic mass is 10.2. The first kappa shape index (κ1) is 7.24. The van der Waals surface area contributed by atoms with Gasteiger partial charge in [-0.3, -0.25) is 10.1 Å². The number of nitrogens with zero attached hydrogens (tertiary/aromatic N) is 1. The van der Waals surface area contributed by atoms with Crippen molar-refractivity contribution >= 4 is 27.1 Å². The van der Waals surface area contributed by atoms with Crippen molar-refractivity contribution in [2.24, 2.45) is 0 Å². The van der Waals surface area contributed by atoms with E-state index in [9.17, 15) is 10.1 Å². The van der Waals surface area contributed by atoms with Gasteiger partial charge in [-0.2, -0.15) is 0 Å². The number of nitro benzene ring substituents is 1. The monoisotopic (exact) mass is 178 g/mol. The quantitative estimate of drug-likeness (QED) is 0.497. The smallest absolute Gasteiger partial charge is 0.258 e. The van der Waals surface area contributed by atoms with Crippen LogP contribution in [-0.4, -0.2) is 4.92 Å². The first-order valence-corrected chi connectivity index (χ1v) is 4.19. The van der Waals surface area contributed by atoms with Crippen molar-refractivity contribution in [2.75, 3.05) is 0 Å². The fourth-order valence-electron chi connectivity index (χ4n) is 1.07. The highest BCUT2D eigenvalue weighted by molar-refractivity contribution is 7.17. The van der Waals surface area contributed by atoms with Crippen LogP contribution in [0.4, 0.5) is 5.69 Å². The zero-order valence-electron chi connectivity index (χ0n) is 5.98. The lowest BCUT2D eigenvalue weighted by Crippen LogP contribution is -1.86. The molecule has 2 aromatic rings. The van der Waals surface area contributed by atoms with Gasteiger partial charge in [0.2, 0.25) is 0 Å². The number of thiophene rings is 1. The molecule has 12 heavy (non-hydrogen) atoms. The molecule has 0 fully saturated rings. The number of fused-ring (bicyclic) bond motifs is 1. The second-order valence-electron chi connectivity index (χ2n) is 2.29. The Labute approximate surface area is 72.4 Å². The van der Waals surface area contributed by atoms with Gasteiger partial charge in [0.25, 0.3) is 5.69 Å². The standard InChI is InChI=1S/C8H4NO2S/c10-9(11)7-2-1-3-8-6(7)4-5-12-8/h1-3,5H. The second-order valence-corrected chi connectivity index (χ2v) is 3.20. The molecule has 0 spiro atoms. The summed E-state index contributed by atoms with van der Waals surface area (Å²) in [6, 6.07) is 7.87. The Kier molecular flexibility index (Phi) is 1.55. The summed E-state index contributed by atoms with van der Waals surface area (Å²) in [7, 11) is 0. The zero-order chi connectivity index (χ0) is 8.55. The molecule has 1 radical (unpaired) electrons. The van der Waals surface area contributed by atoms with Crippen molar-refractivity contribution in [3.8, 4) is 0 Å². The topological polar surface area (TPSA) is 43.1 Å². The number of hydrogen-bond acceptors (Lipinski definition) is 3. The largest absolute Gasteiger partial charge is 0.278 e. The Hall–Kier alpha value is -1.42. The number of rotatable bonds is 1. The molecular formula is C8H4NO2S. The van der Waals surface area contributed by atoms with Crippen LogP contribution in [0.2, 0.25) is 0 Å². The van der Waals surface area contributed by atoms with Gasteiger partial charge in [-0.05, 0) is 6.07 Å². The average molecular weight is 178 g/mol. The van der Waals surface area contributed by atoms with Gasteiger partial charge in [0.1, 0.15) is 0 Å². The van der Waals surface area contributed by atoms with Gasteiger partial charge >= 0.3 is 0 Å². The van der Waals surface area contributed by atoms with Crippen LogP contribution in [-0.2, 0) is 0 Å². The normalized spacial score (nSPS) is 10.3. The maximum atomic E-state index is 10.5. The predicted octanol–water partition coefficient (Wildman–Crippen LogP) is 2.61. The van der Waals surface area contributed by atoms with Gasteiger partial charge in [-0.25, -0.2) is 0 Å². The van der Waals surface area contributed by atoms with Crippen LogP contribution in [0.15, 0.2) is 23.6 Å². The number of nitro groups is 1. The fourth-order valence-corrected chi connectivity index (χ4v) is 1.81. The van der Waals surface area contributed by atoms with Crippen LogP contribution in [0, 0.1) is 16.2 Å². The Morgan fingerprint density at radius 3 is 3.08 bits per heavy atom. The summed E-state index contributed by atoms with van der Waals surface area (Å²) in [4.78, 5) is 10.1. The lowest BCUT2D eigenvalue weighted by molar-refractivity contribution is -0.383. The Bertz CT molecular complexity index is 435. The third kappa shape index (κ3) is 0.967. The highest BCUT2D eigenvalue weighted by Gasteiger charge is 2.10. The first-order chi connectivity index (χ1) is 5.79. The molecule has 0 saturated heterocycles. The van der Waals surface area contributed by atoms with Gasteiger partial charge in [-0.15, -0.1) is 11.3 Å². The van der Waals surface area contributed by atoms with E-state index in [1.54, 1.807) is 11.4 Å². The molecule has 59 valence electrons. The summed E-state index contributed by atoms with van der Waals surface area (Å²) in [5.74, 6) is 0. The first-order valence-electron chi connectivity index (χ1n) is 3.31. The number of benzene rings is 1. The molecule has 0 aliphatic heterocycles. The Balaban J connectivity index is 2.82. The number of non-ortho nitro benzene ring substituents is 1. The van der Waals surface area contributed by atoms with Gasteiger partial charge in [0, 0.05) is 22.2 Å². The fraction of sp³-hybridized carbons (Fsp3) is 0. The van der Waals surface area contributed by atoms with E-state index in [1.807, 2.05) is 6.07 Å². The molecule has 0 aliphatic carbocycles. The highest BCUT2D eigenvalue weighted by atomic mass is 32.1. The molecule has 0 amide bonds. The summed E-state index contributed by atoms with van der Waals surface area (Å²) in [5.41, 5.74) is 0.133. The van der Waals surface area contributed by atoms with Gasteiger partial charge in [-0.1, -0.05) is 6.07 Å². The van der Waals surface area contributed by atoms with Crippen LogP contribution >= 0.6 is 11.3 Å². The van der Waals surface area contributed by atoms with Crippen molar-refractivity contribution in [3.63, 3.8) is 0 Å². The predicted molar refractivity (Wildman–Crippen MR) is 47.3 cm³/mol. The van der Waals surface area contributed by atoms with Gasteiger partial charge in [0.05, 0.1) is 10.3 Å².